The number of para-hydroxylation sites is 1. The molecule has 1 aromatic carbocycles. The van der Waals surface area contributed by atoms with Gasteiger partial charge in [-0.25, -0.2) is 9.78 Å². The maximum Gasteiger partial charge on any atom is 0.317 e. The Labute approximate surface area is 158 Å². The van der Waals surface area contributed by atoms with Crippen molar-refractivity contribution in [1.29, 1.82) is 5.41 Å². The number of methoxy groups -OCH3 is 1. The summed E-state index contributed by atoms with van der Waals surface area (Å²) in [5.74, 6) is 1.88. The molecular weight excluding hydrogens is 346 g/mol. The number of urea groups is 1. The molecule has 1 atom stereocenters. The summed E-state index contributed by atoms with van der Waals surface area (Å²) in [7, 11) is 1.36. The molecule has 0 saturated heterocycles. The monoisotopic (exact) mass is 371 g/mol. The van der Waals surface area contributed by atoms with Crippen molar-refractivity contribution in [2.24, 2.45) is 5.73 Å². The molecule has 2 amide bonds. The van der Waals surface area contributed by atoms with Gasteiger partial charge in [-0.15, -0.1) is 0 Å². The molecule has 0 spiro atoms. The number of hydrogen-bond acceptors (Lipinski definition) is 6. The van der Waals surface area contributed by atoms with Crippen molar-refractivity contribution in [2.75, 3.05) is 24.8 Å². The summed E-state index contributed by atoms with van der Waals surface area (Å²) in [4.78, 5) is 14.4. The van der Waals surface area contributed by atoms with E-state index in [1.807, 2.05) is 6.07 Å². The van der Waals surface area contributed by atoms with Gasteiger partial charge in [0.25, 0.3) is 0 Å². The molecule has 8 nitrogen and oxygen atoms in total. The largest absolute Gasteiger partial charge is 0.493 e. The molecular formula is C19H25N5O3. The van der Waals surface area contributed by atoms with Crippen molar-refractivity contribution in [3.63, 3.8) is 0 Å². The van der Waals surface area contributed by atoms with E-state index in [0.29, 0.717) is 11.5 Å². The molecule has 8 heteroatoms. The van der Waals surface area contributed by atoms with Gasteiger partial charge < -0.3 is 20.9 Å². The van der Waals surface area contributed by atoms with Gasteiger partial charge in [0.1, 0.15) is 11.6 Å². The van der Waals surface area contributed by atoms with E-state index in [4.69, 9.17) is 21.6 Å². The third-order valence-corrected chi connectivity index (χ3v) is 4.12. The van der Waals surface area contributed by atoms with Crippen molar-refractivity contribution in [2.45, 2.75) is 25.7 Å². The number of benzene rings is 1. The highest BCUT2D eigenvalue weighted by atomic mass is 16.5. The Morgan fingerprint density at radius 3 is 2.81 bits per heavy atom. The van der Waals surface area contributed by atoms with Gasteiger partial charge >= 0.3 is 6.03 Å². The number of nitrogens with zero attached hydrogens (tertiary/aromatic N) is 1. The zero-order chi connectivity index (χ0) is 19.8. The summed E-state index contributed by atoms with van der Waals surface area (Å²) in [6.45, 7) is 3.15. The number of anilines is 2. The van der Waals surface area contributed by atoms with Crippen LogP contribution >= 0.6 is 0 Å². The Morgan fingerprint density at radius 2 is 2.15 bits per heavy atom. The first kappa shape index (κ1) is 20.0. The fourth-order valence-electron chi connectivity index (χ4n) is 2.71. The number of nitrogens with one attached hydrogen (secondary N) is 2. The molecule has 6 N–H and O–H groups in total. The summed E-state index contributed by atoms with van der Waals surface area (Å²) in [5.41, 5.74) is 12.5. The second kappa shape index (κ2) is 9.42. The Morgan fingerprint density at radius 1 is 1.41 bits per heavy atom. The molecule has 0 aliphatic carbocycles. The number of aromatic nitrogens is 1. The maximum atomic E-state index is 10.5. The van der Waals surface area contributed by atoms with E-state index in [1.165, 1.54) is 37.8 Å². The standard InChI is InChI=1S/C11H14O.C8H11N5O2/c1-9-5-4-8-12-11-7-3-2-6-10(9)11;1-15-7(10)4-3-12-6(2-5(4)9)13-8(11)14/h2-3,6-7,9H,4-5,8H2,1H3;2-3,10H,1H3,(H5,9,11,12,13,14)/t9-;/m1./s1. The molecule has 0 unspecified atom stereocenters. The minimum Gasteiger partial charge on any atom is -0.493 e. The molecule has 2 aromatic rings. The highest BCUT2D eigenvalue weighted by molar-refractivity contribution is 5.97. The normalized spacial score (nSPS) is 15.1. The van der Waals surface area contributed by atoms with E-state index in [2.05, 4.69) is 40.2 Å². The molecule has 2 heterocycles. The number of primary amides is 1. The van der Waals surface area contributed by atoms with Gasteiger partial charge in [-0.2, -0.15) is 0 Å². The van der Waals surface area contributed by atoms with Crippen molar-refractivity contribution in [1.82, 2.24) is 4.98 Å². The van der Waals surface area contributed by atoms with E-state index in [9.17, 15) is 4.79 Å². The molecule has 1 aromatic heterocycles. The minimum atomic E-state index is -0.725. The van der Waals surface area contributed by atoms with Crippen LogP contribution in [0.2, 0.25) is 0 Å². The predicted octanol–water partition coefficient (Wildman–Crippen LogP) is 3.09. The summed E-state index contributed by atoms with van der Waals surface area (Å²) in [6.07, 6.45) is 3.75. The van der Waals surface area contributed by atoms with Crippen molar-refractivity contribution >= 4 is 23.4 Å². The average Bonchev–Trinajstić information content (AvgIpc) is 2.83. The number of hydrogen-bond donors (Lipinski definition) is 4. The van der Waals surface area contributed by atoms with Crippen LogP contribution in [0.3, 0.4) is 0 Å². The molecule has 1 aliphatic heterocycles. The van der Waals surface area contributed by atoms with Crippen molar-refractivity contribution in [3.8, 4) is 5.75 Å². The van der Waals surface area contributed by atoms with Crippen LogP contribution in [0, 0.1) is 5.41 Å². The lowest BCUT2D eigenvalue weighted by Crippen LogP contribution is -2.20. The summed E-state index contributed by atoms with van der Waals surface area (Å²) in [5, 5.41) is 9.64. The van der Waals surface area contributed by atoms with Crippen LogP contribution in [-0.2, 0) is 4.74 Å². The lowest BCUT2D eigenvalue weighted by atomic mass is 9.97. The molecule has 0 radical (unpaired) electrons. The van der Waals surface area contributed by atoms with E-state index in [-0.39, 0.29) is 17.4 Å². The summed E-state index contributed by atoms with van der Waals surface area (Å²) in [6, 6.07) is 9.04. The zero-order valence-electron chi connectivity index (χ0n) is 15.5. The summed E-state index contributed by atoms with van der Waals surface area (Å²) >= 11 is 0. The zero-order valence-corrected chi connectivity index (χ0v) is 15.5. The number of nitrogen functional groups attached to an aromatic ring is 1. The van der Waals surface area contributed by atoms with Crippen molar-refractivity contribution in [3.05, 3.63) is 47.7 Å². The molecule has 0 saturated carbocycles. The number of pyridine rings is 1. The lowest BCUT2D eigenvalue weighted by Gasteiger charge is -2.10. The molecule has 3 rings (SSSR count). The summed E-state index contributed by atoms with van der Waals surface area (Å²) < 4.78 is 10.3. The Balaban J connectivity index is 0.000000198. The first-order chi connectivity index (χ1) is 12.9. The van der Waals surface area contributed by atoms with Gasteiger partial charge in [0.05, 0.1) is 19.3 Å². The van der Waals surface area contributed by atoms with E-state index < -0.39 is 6.03 Å². The number of fused-ring (bicyclic) bond motifs is 1. The van der Waals surface area contributed by atoms with Gasteiger partial charge in [-0.3, -0.25) is 10.7 Å². The van der Waals surface area contributed by atoms with Crippen molar-refractivity contribution < 1.29 is 14.3 Å². The fourth-order valence-corrected chi connectivity index (χ4v) is 2.71. The Hall–Kier alpha value is -3.29. The van der Waals surface area contributed by atoms with Crippen LogP contribution < -0.4 is 21.5 Å². The van der Waals surface area contributed by atoms with Crippen LogP contribution in [0.1, 0.15) is 36.8 Å². The number of nitrogens with two attached hydrogens (primary N) is 2. The number of amides is 2. The van der Waals surface area contributed by atoms with Gasteiger partial charge in [0.2, 0.25) is 5.90 Å². The second-order valence-corrected chi connectivity index (χ2v) is 6.11. The SMILES string of the molecule is COC(=N)c1cnc(NC(N)=O)cc1N.C[C@@H]1CCCOc2ccccc21. The van der Waals surface area contributed by atoms with Crippen LogP contribution in [0.25, 0.3) is 0 Å². The smallest absolute Gasteiger partial charge is 0.317 e. The predicted molar refractivity (Wildman–Crippen MR) is 105 cm³/mol. The first-order valence-electron chi connectivity index (χ1n) is 8.59. The van der Waals surface area contributed by atoms with Gasteiger partial charge in [-0.05, 0) is 30.4 Å². The quantitative estimate of drug-likeness (QED) is 0.475. The number of rotatable bonds is 2. The van der Waals surface area contributed by atoms with E-state index >= 15 is 0 Å². The molecule has 1 aliphatic rings. The van der Waals surface area contributed by atoms with Crippen LogP contribution in [-0.4, -0.2) is 30.6 Å². The number of carbonyl (C=O) groups is 1. The van der Waals surface area contributed by atoms with E-state index in [1.54, 1.807) is 0 Å². The molecule has 27 heavy (non-hydrogen) atoms. The average molecular weight is 371 g/mol. The highest BCUT2D eigenvalue weighted by Gasteiger charge is 2.14. The third-order valence-electron chi connectivity index (χ3n) is 4.12. The number of ether oxygens (including phenoxy) is 2. The van der Waals surface area contributed by atoms with Crippen LogP contribution in [0.4, 0.5) is 16.3 Å². The topological polar surface area (TPSA) is 136 Å². The van der Waals surface area contributed by atoms with Gasteiger partial charge in [-0.1, -0.05) is 25.1 Å². The molecule has 0 fully saturated rings. The minimum absolute atomic E-state index is 0.0920. The fraction of sp³-hybridized carbons (Fsp3) is 0.316. The second-order valence-electron chi connectivity index (χ2n) is 6.11. The third kappa shape index (κ3) is 5.60. The van der Waals surface area contributed by atoms with Gasteiger partial charge in [0.15, 0.2) is 0 Å². The van der Waals surface area contributed by atoms with Crippen LogP contribution in [0.15, 0.2) is 36.5 Å². The Bertz CT molecular complexity index is 810. The molecule has 0 bridgehead atoms. The highest BCUT2D eigenvalue weighted by Crippen LogP contribution is 2.31. The molecule has 144 valence electrons. The van der Waals surface area contributed by atoms with Gasteiger partial charge in [0, 0.05) is 18.0 Å². The Kier molecular flexibility index (Phi) is 6.99. The van der Waals surface area contributed by atoms with E-state index in [0.717, 1.165) is 12.4 Å². The number of carbonyl (C=O) groups excluding carboxylic acids is 1. The maximum absolute atomic E-state index is 10.5. The lowest BCUT2D eigenvalue weighted by molar-refractivity contribution is 0.259. The first-order valence-corrected chi connectivity index (χ1v) is 8.59. The van der Waals surface area contributed by atoms with Crippen LogP contribution in [0.5, 0.6) is 5.75 Å².